The van der Waals surface area contributed by atoms with E-state index >= 15 is 0 Å². The van der Waals surface area contributed by atoms with Gasteiger partial charge >= 0.3 is 6.03 Å². The van der Waals surface area contributed by atoms with Crippen molar-refractivity contribution in [2.24, 2.45) is 0 Å². The number of nitrogens with zero attached hydrogens (tertiary/aromatic N) is 2. The van der Waals surface area contributed by atoms with E-state index in [-0.39, 0.29) is 17.3 Å². The Labute approximate surface area is 141 Å². The summed E-state index contributed by atoms with van der Waals surface area (Å²) in [6, 6.07) is 14.6. The molecule has 0 bridgehead atoms. The molecule has 0 aliphatic rings. The molecular formula is C17H13F2N5O. The summed E-state index contributed by atoms with van der Waals surface area (Å²) in [6.45, 7) is 0. The monoisotopic (exact) mass is 341 g/mol. The van der Waals surface area contributed by atoms with Crippen LogP contribution in [-0.2, 0) is 0 Å². The van der Waals surface area contributed by atoms with E-state index in [1.165, 1.54) is 18.2 Å². The van der Waals surface area contributed by atoms with Crippen molar-refractivity contribution in [2.75, 3.05) is 16.0 Å². The van der Waals surface area contributed by atoms with E-state index in [2.05, 4.69) is 26.1 Å². The van der Waals surface area contributed by atoms with E-state index < -0.39 is 17.7 Å². The number of halogens is 2. The molecule has 8 heteroatoms. The van der Waals surface area contributed by atoms with Crippen LogP contribution in [0.1, 0.15) is 0 Å². The minimum atomic E-state index is -0.744. The number of benzene rings is 2. The van der Waals surface area contributed by atoms with Crippen molar-refractivity contribution in [1.82, 2.24) is 10.2 Å². The second kappa shape index (κ2) is 7.35. The molecule has 0 radical (unpaired) electrons. The van der Waals surface area contributed by atoms with Crippen LogP contribution in [0, 0.1) is 11.6 Å². The summed E-state index contributed by atoms with van der Waals surface area (Å²) in [7, 11) is 0. The van der Waals surface area contributed by atoms with Crippen LogP contribution in [0.25, 0.3) is 0 Å². The van der Waals surface area contributed by atoms with E-state index in [0.717, 1.165) is 12.1 Å². The highest BCUT2D eigenvalue weighted by atomic mass is 19.1. The van der Waals surface area contributed by atoms with Crippen LogP contribution >= 0.6 is 0 Å². The minimum absolute atomic E-state index is 0.0678. The van der Waals surface area contributed by atoms with Gasteiger partial charge in [-0.15, -0.1) is 10.2 Å². The first-order chi connectivity index (χ1) is 12.1. The SMILES string of the molecule is O=C(Nc1ccccc1)Nc1ccc(Nc2ccc(F)cc2F)nn1. The number of nitrogens with one attached hydrogen (secondary N) is 3. The molecule has 1 heterocycles. The Balaban J connectivity index is 1.61. The molecule has 0 spiro atoms. The lowest BCUT2D eigenvalue weighted by Gasteiger charge is -2.08. The van der Waals surface area contributed by atoms with Crippen molar-refractivity contribution in [3.05, 3.63) is 72.3 Å². The van der Waals surface area contributed by atoms with Gasteiger partial charge < -0.3 is 10.6 Å². The zero-order valence-corrected chi connectivity index (χ0v) is 12.8. The van der Waals surface area contributed by atoms with E-state index in [0.29, 0.717) is 5.69 Å². The summed E-state index contributed by atoms with van der Waals surface area (Å²) in [6.07, 6.45) is 0. The lowest BCUT2D eigenvalue weighted by molar-refractivity contribution is 0.262. The van der Waals surface area contributed by atoms with E-state index in [1.54, 1.807) is 24.3 Å². The molecule has 3 N–H and O–H groups in total. The van der Waals surface area contributed by atoms with Gasteiger partial charge in [-0.25, -0.2) is 13.6 Å². The maximum absolute atomic E-state index is 13.6. The van der Waals surface area contributed by atoms with Crippen LogP contribution < -0.4 is 16.0 Å². The van der Waals surface area contributed by atoms with Gasteiger partial charge in [0.25, 0.3) is 0 Å². The number of rotatable bonds is 4. The summed E-state index contributed by atoms with van der Waals surface area (Å²) >= 11 is 0. The highest BCUT2D eigenvalue weighted by molar-refractivity contribution is 5.99. The largest absolute Gasteiger partial charge is 0.336 e. The third-order valence-electron chi connectivity index (χ3n) is 3.13. The van der Waals surface area contributed by atoms with Gasteiger partial charge in [0.15, 0.2) is 11.6 Å². The number of para-hydroxylation sites is 1. The molecule has 2 aromatic carbocycles. The molecule has 25 heavy (non-hydrogen) atoms. The number of urea groups is 1. The zero-order valence-electron chi connectivity index (χ0n) is 12.8. The van der Waals surface area contributed by atoms with Crippen LogP contribution in [0.3, 0.4) is 0 Å². The Kier molecular flexibility index (Phi) is 4.79. The molecule has 0 saturated heterocycles. The molecule has 126 valence electrons. The van der Waals surface area contributed by atoms with Crippen molar-refractivity contribution in [3.8, 4) is 0 Å². The molecule has 3 rings (SSSR count). The van der Waals surface area contributed by atoms with Crippen molar-refractivity contribution in [1.29, 1.82) is 0 Å². The van der Waals surface area contributed by atoms with Gasteiger partial charge in [-0.2, -0.15) is 0 Å². The summed E-state index contributed by atoms with van der Waals surface area (Å²) in [5.74, 6) is -0.942. The molecule has 0 aliphatic carbocycles. The molecule has 0 aliphatic heterocycles. The molecular weight excluding hydrogens is 328 g/mol. The standard InChI is InChI=1S/C17H13F2N5O/c18-11-6-7-14(13(19)10-11)21-15-8-9-16(24-23-15)22-17(25)20-12-4-2-1-3-5-12/h1-10H,(H,21,23)(H2,20,22,24,25). The normalized spacial score (nSPS) is 10.2. The molecule has 0 saturated carbocycles. The second-order valence-corrected chi connectivity index (χ2v) is 5.00. The Morgan fingerprint density at radius 2 is 1.56 bits per heavy atom. The maximum Gasteiger partial charge on any atom is 0.324 e. The van der Waals surface area contributed by atoms with Crippen LogP contribution in [0.15, 0.2) is 60.7 Å². The Hall–Kier alpha value is -3.55. The highest BCUT2D eigenvalue weighted by Gasteiger charge is 2.07. The summed E-state index contributed by atoms with van der Waals surface area (Å²) in [5, 5.41) is 15.5. The predicted octanol–water partition coefficient (Wildman–Crippen LogP) is 4.14. The zero-order chi connectivity index (χ0) is 17.6. The third-order valence-corrected chi connectivity index (χ3v) is 3.13. The fraction of sp³-hybridized carbons (Fsp3) is 0. The smallest absolute Gasteiger partial charge is 0.324 e. The van der Waals surface area contributed by atoms with Crippen molar-refractivity contribution in [2.45, 2.75) is 0 Å². The van der Waals surface area contributed by atoms with Crippen LogP contribution in [0.4, 0.5) is 36.6 Å². The quantitative estimate of drug-likeness (QED) is 0.666. The topological polar surface area (TPSA) is 78.9 Å². The highest BCUT2D eigenvalue weighted by Crippen LogP contribution is 2.19. The van der Waals surface area contributed by atoms with Gasteiger partial charge in [-0.3, -0.25) is 5.32 Å². The Morgan fingerprint density at radius 1 is 0.840 bits per heavy atom. The third kappa shape index (κ3) is 4.47. The van der Waals surface area contributed by atoms with Crippen LogP contribution in [-0.4, -0.2) is 16.2 Å². The molecule has 6 nitrogen and oxygen atoms in total. The van der Waals surface area contributed by atoms with Crippen molar-refractivity contribution < 1.29 is 13.6 Å². The van der Waals surface area contributed by atoms with Crippen LogP contribution in [0.2, 0.25) is 0 Å². The molecule has 3 aromatic rings. The first kappa shape index (κ1) is 16.3. The average Bonchev–Trinajstić information content (AvgIpc) is 2.60. The van der Waals surface area contributed by atoms with Gasteiger partial charge in [-0.05, 0) is 36.4 Å². The van der Waals surface area contributed by atoms with Crippen molar-refractivity contribution in [3.63, 3.8) is 0 Å². The molecule has 0 fully saturated rings. The van der Waals surface area contributed by atoms with E-state index in [9.17, 15) is 13.6 Å². The van der Waals surface area contributed by atoms with Gasteiger partial charge in [0.1, 0.15) is 11.6 Å². The second-order valence-electron chi connectivity index (χ2n) is 5.00. The van der Waals surface area contributed by atoms with Gasteiger partial charge in [0, 0.05) is 11.8 Å². The predicted molar refractivity (Wildman–Crippen MR) is 90.8 cm³/mol. The lowest BCUT2D eigenvalue weighted by Crippen LogP contribution is -2.20. The first-order valence-corrected chi connectivity index (χ1v) is 7.29. The Morgan fingerprint density at radius 3 is 2.24 bits per heavy atom. The van der Waals surface area contributed by atoms with E-state index in [1.807, 2.05) is 6.07 Å². The summed E-state index contributed by atoms with van der Waals surface area (Å²) in [5.41, 5.74) is 0.705. The van der Waals surface area contributed by atoms with E-state index in [4.69, 9.17) is 0 Å². The number of carbonyl (C=O) groups is 1. The summed E-state index contributed by atoms with van der Waals surface area (Å²) in [4.78, 5) is 11.8. The first-order valence-electron chi connectivity index (χ1n) is 7.29. The van der Waals surface area contributed by atoms with Gasteiger partial charge in [0.2, 0.25) is 0 Å². The molecule has 0 unspecified atom stereocenters. The number of amides is 2. The number of anilines is 4. The number of carbonyl (C=O) groups excluding carboxylic acids is 1. The van der Waals surface area contributed by atoms with Gasteiger partial charge in [0.05, 0.1) is 5.69 Å². The molecule has 0 atom stereocenters. The lowest BCUT2D eigenvalue weighted by atomic mass is 10.3. The fourth-order valence-electron chi connectivity index (χ4n) is 1.99. The summed E-state index contributed by atoms with van der Waals surface area (Å²) < 4.78 is 26.5. The minimum Gasteiger partial charge on any atom is -0.336 e. The molecule has 1 aromatic heterocycles. The number of hydrogen-bond donors (Lipinski definition) is 3. The number of aromatic nitrogens is 2. The molecule has 2 amide bonds. The van der Waals surface area contributed by atoms with Crippen molar-refractivity contribution >= 4 is 29.0 Å². The van der Waals surface area contributed by atoms with Gasteiger partial charge in [-0.1, -0.05) is 18.2 Å². The Bertz CT molecular complexity index is 872. The maximum atomic E-state index is 13.6. The fourth-order valence-corrected chi connectivity index (χ4v) is 1.99. The average molecular weight is 341 g/mol. The van der Waals surface area contributed by atoms with Crippen LogP contribution in [0.5, 0.6) is 0 Å². The number of hydrogen-bond acceptors (Lipinski definition) is 4.